The van der Waals surface area contributed by atoms with Gasteiger partial charge in [-0.3, -0.25) is 9.48 Å². The Morgan fingerprint density at radius 2 is 2.11 bits per heavy atom. The third kappa shape index (κ3) is 4.02. The number of carbonyl (C=O) groups excluding carboxylic acids is 1. The maximum Gasteiger partial charge on any atom is 0.273 e. The van der Waals surface area contributed by atoms with E-state index < -0.39 is 0 Å². The van der Waals surface area contributed by atoms with Crippen LogP contribution in [0.2, 0.25) is 0 Å². The number of ether oxygens (including phenoxy) is 1. The first kappa shape index (κ1) is 18.3. The highest BCUT2D eigenvalue weighted by Gasteiger charge is 2.18. The Kier molecular flexibility index (Phi) is 5.60. The van der Waals surface area contributed by atoms with Crippen LogP contribution in [0.1, 0.15) is 23.8 Å². The number of methoxy groups -OCH3 is 1. The average molecular weight is 367 g/mol. The van der Waals surface area contributed by atoms with E-state index in [1.54, 1.807) is 31.2 Å². The number of benzene rings is 1. The number of amides is 1. The monoisotopic (exact) mass is 367 g/mol. The second kappa shape index (κ2) is 8.26. The van der Waals surface area contributed by atoms with E-state index in [0.717, 1.165) is 12.0 Å². The first-order valence-corrected chi connectivity index (χ1v) is 8.54. The lowest BCUT2D eigenvalue weighted by Crippen LogP contribution is -2.26. The van der Waals surface area contributed by atoms with E-state index in [4.69, 9.17) is 4.74 Å². The summed E-state index contributed by atoms with van der Waals surface area (Å²) in [6.45, 7) is 2.55. The molecule has 2 aromatic heterocycles. The largest absolute Gasteiger partial charge is 0.494 e. The third-order valence-electron chi connectivity index (χ3n) is 3.80. The van der Waals surface area contributed by atoms with Crippen LogP contribution in [0, 0.1) is 0 Å². The second-order valence-electron chi connectivity index (χ2n) is 5.80. The molecule has 0 radical (unpaired) electrons. The Morgan fingerprint density at radius 3 is 2.81 bits per heavy atom. The third-order valence-corrected chi connectivity index (χ3v) is 3.80. The van der Waals surface area contributed by atoms with Crippen molar-refractivity contribution in [3.63, 3.8) is 0 Å². The van der Waals surface area contributed by atoms with Crippen LogP contribution in [0.15, 0.2) is 36.8 Å². The molecule has 140 valence electrons. The van der Waals surface area contributed by atoms with Crippen molar-refractivity contribution in [1.82, 2.24) is 30.3 Å². The average Bonchev–Trinajstić information content (AvgIpc) is 3.12. The Bertz CT molecular complexity index is 939. The molecule has 1 aromatic carbocycles. The van der Waals surface area contributed by atoms with Crippen LogP contribution in [0.5, 0.6) is 5.75 Å². The summed E-state index contributed by atoms with van der Waals surface area (Å²) in [5.74, 6) is 0.834. The number of aryl methyl sites for hydroxylation is 1. The molecule has 9 heteroatoms. The molecule has 0 aliphatic heterocycles. The number of aromatic nitrogens is 5. The van der Waals surface area contributed by atoms with Crippen molar-refractivity contribution in [1.29, 1.82) is 0 Å². The Balaban J connectivity index is 1.96. The fourth-order valence-electron chi connectivity index (χ4n) is 2.56. The molecule has 0 unspecified atom stereocenters. The van der Waals surface area contributed by atoms with Crippen molar-refractivity contribution < 1.29 is 9.53 Å². The lowest BCUT2D eigenvalue weighted by molar-refractivity contribution is 0.0948. The first-order valence-electron chi connectivity index (χ1n) is 8.54. The van der Waals surface area contributed by atoms with E-state index in [1.165, 1.54) is 6.20 Å². The quantitative estimate of drug-likeness (QED) is 0.659. The van der Waals surface area contributed by atoms with Gasteiger partial charge in [-0.2, -0.15) is 10.2 Å². The number of para-hydroxylation sites is 1. The summed E-state index contributed by atoms with van der Waals surface area (Å²) in [6.07, 6.45) is 3.98. The van der Waals surface area contributed by atoms with E-state index in [0.29, 0.717) is 29.5 Å². The number of nitrogens with one attached hydrogen (secondary N) is 2. The van der Waals surface area contributed by atoms with Crippen molar-refractivity contribution in [3.05, 3.63) is 42.5 Å². The summed E-state index contributed by atoms with van der Waals surface area (Å²) < 4.78 is 7.21. The van der Waals surface area contributed by atoms with Gasteiger partial charge >= 0.3 is 0 Å². The van der Waals surface area contributed by atoms with Gasteiger partial charge < -0.3 is 15.4 Å². The fraction of sp³-hybridized carbons (Fsp3) is 0.278. The second-order valence-corrected chi connectivity index (χ2v) is 5.80. The van der Waals surface area contributed by atoms with Gasteiger partial charge in [-0.05, 0) is 24.6 Å². The first-order chi connectivity index (χ1) is 13.1. The highest BCUT2D eigenvalue weighted by atomic mass is 16.5. The minimum atomic E-state index is -0.283. The molecular weight excluding hydrogens is 346 g/mol. The van der Waals surface area contributed by atoms with Crippen LogP contribution in [0.4, 0.5) is 11.4 Å². The molecule has 0 spiro atoms. The van der Waals surface area contributed by atoms with Gasteiger partial charge in [0.1, 0.15) is 6.33 Å². The maximum atomic E-state index is 12.4. The van der Waals surface area contributed by atoms with Crippen LogP contribution in [0.3, 0.4) is 0 Å². The summed E-state index contributed by atoms with van der Waals surface area (Å²) in [5, 5.41) is 18.1. The summed E-state index contributed by atoms with van der Waals surface area (Å²) in [7, 11) is 3.38. The summed E-state index contributed by atoms with van der Waals surface area (Å²) in [5.41, 5.74) is 2.15. The van der Waals surface area contributed by atoms with Gasteiger partial charge in [0.05, 0.1) is 30.2 Å². The van der Waals surface area contributed by atoms with Gasteiger partial charge in [0.25, 0.3) is 5.91 Å². The molecule has 2 N–H and O–H groups in total. The highest BCUT2D eigenvalue weighted by molar-refractivity contribution is 5.98. The molecule has 0 saturated heterocycles. The van der Waals surface area contributed by atoms with Gasteiger partial charge in [-0.1, -0.05) is 13.0 Å². The minimum absolute atomic E-state index is 0.217. The van der Waals surface area contributed by atoms with Crippen LogP contribution in [-0.4, -0.2) is 44.5 Å². The number of rotatable bonds is 7. The molecule has 0 fully saturated rings. The molecule has 3 rings (SSSR count). The molecule has 0 bridgehead atoms. The molecule has 2 heterocycles. The van der Waals surface area contributed by atoms with Crippen molar-refractivity contribution in [2.24, 2.45) is 7.05 Å². The number of hydrogen-bond acceptors (Lipinski definition) is 7. The van der Waals surface area contributed by atoms with Gasteiger partial charge in [-0.25, -0.2) is 4.98 Å². The number of anilines is 2. The normalized spacial score (nSPS) is 10.5. The van der Waals surface area contributed by atoms with Crippen LogP contribution < -0.4 is 15.4 Å². The van der Waals surface area contributed by atoms with E-state index in [2.05, 4.69) is 30.9 Å². The van der Waals surface area contributed by atoms with Crippen molar-refractivity contribution >= 4 is 17.3 Å². The van der Waals surface area contributed by atoms with E-state index in [9.17, 15) is 4.79 Å². The number of nitrogens with zero attached hydrogens (tertiary/aromatic N) is 5. The summed E-state index contributed by atoms with van der Waals surface area (Å²) in [4.78, 5) is 16.6. The van der Waals surface area contributed by atoms with Crippen LogP contribution in [0.25, 0.3) is 11.4 Å². The van der Waals surface area contributed by atoms with E-state index >= 15 is 0 Å². The Morgan fingerprint density at radius 1 is 1.26 bits per heavy atom. The minimum Gasteiger partial charge on any atom is -0.494 e. The van der Waals surface area contributed by atoms with Gasteiger partial charge in [0.15, 0.2) is 17.3 Å². The molecular formula is C18H21N7O2. The predicted molar refractivity (Wildman–Crippen MR) is 101 cm³/mol. The van der Waals surface area contributed by atoms with Gasteiger partial charge in [0, 0.05) is 13.6 Å². The van der Waals surface area contributed by atoms with E-state index in [1.807, 2.05) is 25.1 Å². The summed E-state index contributed by atoms with van der Waals surface area (Å²) >= 11 is 0. The molecule has 0 saturated carbocycles. The zero-order valence-corrected chi connectivity index (χ0v) is 15.4. The van der Waals surface area contributed by atoms with Crippen LogP contribution in [-0.2, 0) is 7.05 Å². The lowest BCUT2D eigenvalue weighted by Gasteiger charge is -2.15. The molecule has 9 nitrogen and oxygen atoms in total. The van der Waals surface area contributed by atoms with E-state index in [-0.39, 0.29) is 11.6 Å². The molecule has 3 aromatic rings. The molecule has 27 heavy (non-hydrogen) atoms. The van der Waals surface area contributed by atoms with Gasteiger partial charge in [-0.15, -0.1) is 5.10 Å². The highest BCUT2D eigenvalue weighted by Crippen LogP contribution is 2.36. The van der Waals surface area contributed by atoms with Crippen molar-refractivity contribution in [3.8, 4) is 17.1 Å². The zero-order valence-electron chi connectivity index (χ0n) is 15.4. The lowest BCUT2D eigenvalue weighted by atomic mass is 10.1. The SMILES string of the molecule is CCCNC(=O)c1nnccc1Nc1cccc(-c2ncn(C)n2)c1OC. The fourth-order valence-corrected chi connectivity index (χ4v) is 2.56. The number of carbonyl (C=O) groups is 1. The maximum absolute atomic E-state index is 12.4. The van der Waals surface area contributed by atoms with Crippen LogP contribution >= 0.6 is 0 Å². The topological polar surface area (TPSA) is 107 Å². The molecule has 0 aliphatic rings. The standard InChI is InChI=1S/C18H21N7O2/c1-4-9-19-18(26)15-13(8-10-21-23-15)22-14-7-5-6-12(16(14)27-3)17-20-11-25(2)24-17/h5-8,10-11H,4,9H2,1-3H3,(H,19,26)(H,21,22). The molecule has 0 aliphatic carbocycles. The number of hydrogen-bond donors (Lipinski definition) is 2. The predicted octanol–water partition coefficient (Wildman–Crippen LogP) is 2.16. The van der Waals surface area contributed by atoms with Crippen molar-refractivity contribution in [2.75, 3.05) is 19.0 Å². The van der Waals surface area contributed by atoms with Gasteiger partial charge in [0.2, 0.25) is 0 Å². The Labute approximate surface area is 156 Å². The zero-order chi connectivity index (χ0) is 19.2. The smallest absolute Gasteiger partial charge is 0.273 e. The summed E-state index contributed by atoms with van der Waals surface area (Å²) in [6, 6.07) is 7.28. The molecule has 1 amide bonds. The van der Waals surface area contributed by atoms with Crippen molar-refractivity contribution in [2.45, 2.75) is 13.3 Å². The Hall–Kier alpha value is -3.49. The molecule has 0 atom stereocenters.